The normalized spacial score (nSPS) is 11.4. The molecule has 0 spiro atoms. The molecule has 0 atom stereocenters. The zero-order valence-electron chi connectivity index (χ0n) is 13.8. The first-order valence-corrected chi connectivity index (χ1v) is 9.04. The Hall–Kier alpha value is -1.83. The van der Waals surface area contributed by atoms with Gasteiger partial charge in [0.15, 0.2) is 0 Å². The van der Waals surface area contributed by atoms with Gasteiger partial charge in [-0.25, -0.2) is 5.43 Å². The summed E-state index contributed by atoms with van der Waals surface area (Å²) in [5, 5.41) is 5.64. The predicted molar refractivity (Wildman–Crippen MR) is 103 cm³/mol. The van der Waals surface area contributed by atoms with E-state index in [1.165, 1.54) is 11.5 Å². The number of carbonyl (C=O) groups excluding carboxylic acids is 1. The Balaban J connectivity index is 1.76. The number of nitrogen functional groups attached to an aromatic ring is 1. The van der Waals surface area contributed by atoms with Crippen molar-refractivity contribution in [3.63, 3.8) is 0 Å². The number of aromatic nitrogens is 1. The van der Waals surface area contributed by atoms with Crippen LogP contribution >= 0.6 is 34.7 Å². The molecule has 134 valence electrons. The summed E-state index contributed by atoms with van der Waals surface area (Å²) in [4.78, 5) is 11.8. The van der Waals surface area contributed by atoms with Gasteiger partial charge in [-0.1, -0.05) is 23.2 Å². The van der Waals surface area contributed by atoms with Gasteiger partial charge in [-0.15, -0.1) is 0 Å². The van der Waals surface area contributed by atoms with Crippen LogP contribution in [0.5, 0.6) is 5.75 Å². The lowest BCUT2D eigenvalue weighted by atomic mass is 10.2. The van der Waals surface area contributed by atoms with E-state index in [9.17, 15) is 4.79 Å². The van der Waals surface area contributed by atoms with Gasteiger partial charge in [-0.3, -0.25) is 4.79 Å². The summed E-state index contributed by atoms with van der Waals surface area (Å²) in [5.41, 5.74) is 10.6. The molecule has 1 aromatic heterocycles. The second kappa shape index (κ2) is 9.03. The van der Waals surface area contributed by atoms with Crippen LogP contribution < -0.4 is 15.9 Å². The van der Waals surface area contributed by atoms with Crippen LogP contribution in [0, 0.1) is 6.92 Å². The van der Waals surface area contributed by atoms with Gasteiger partial charge in [0.1, 0.15) is 10.8 Å². The largest absolute Gasteiger partial charge is 0.492 e. The van der Waals surface area contributed by atoms with Gasteiger partial charge in [0.2, 0.25) is 5.91 Å². The van der Waals surface area contributed by atoms with E-state index in [4.69, 9.17) is 33.7 Å². The van der Waals surface area contributed by atoms with E-state index in [1.54, 1.807) is 25.1 Å². The number of nitrogens with zero attached hydrogens (tertiary/aromatic N) is 2. The van der Waals surface area contributed by atoms with Gasteiger partial charge in [-0.05, 0) is 50.0 Å². The molecule has 0 aliphatic heterocycles. The molecule has 0 fully saturated rings. The van der Waals surface area contributed by atoms with Crippen molar-refractivity contribution in [1.29, 1.82) is 0 Å². The Labute approximate surface area is 160 Å². The number of halogens is 2. The van der Waals surface area contributed by atoms with Gasteiger partial charge in [0.25, 0.3) is 0 Å². The lowest BCUT2D eigenvalue weighted by Crippen LogP contribution is -2.20. The van der Waals surface area contributed by atoms with E-state index in [-0.39, 0.29) is 12.3 Å². The van der Waals surface area contributed by atoms with E-state index in [0.29, 0.717) is 39.5 Å². The van der Waals surface area contributed by atoms with Crippen LogP contribution in [0.15, 0.2) is 23.3 Å². The van der Waals surface area contributed by atoms with Gasteiger partial charge in [0.05, 0.1) is 28.6 Å². The third-order valence-electron chi connectivity index (χ3n) is 3.30. The second-order valence-electron chi connectivity index (χ2n) is 5.27. The topological polar surface area (TPSA) is 89.6 Å². The fraction of sp³-hybridized carbons (Fsp3) is 0.312. The molecule has 3 N–H and O–H groups in total. The number of anilines is 1. The van der Waals surface area contributed by atoms with E-state index in [1.807, 2.05) is 6.92 Å². The summed E-state index contributed by atoms with van der Waals surface area (Å²) in [7, 11) is 0. The third kappa shape index (κ3) is 5.59. The van der Waals surface area contributed by atoms with Crippen molar-refractivity contribution in [3.8, 4) is 5.75 Å². The molecule has 9 heteroatoms. The lowest BCUT2D eigenvalue weighted by molar-refractivity contribution is -0.121. The zero-order valence-corrected chi connectivity index (χ0v) is 16.1. The second-order valence-corrected chi connectivity index (χ2v) is 6.91. The van der Waals surface area contributed by atoms with Crippen LogP contribution in [0.3, 0.4) is 0 Å². The van der Waals surface area contributed by atoms with Crippen molar-refractivity contribution in [3.05, 3.63) is 39.5 Å². The highest BCUT2D eigenvalue weighted by molar-refractivity contribution is 7.10. The molecule has 2 rings (SSSR count). The summed E-state index contributed by atoms with van der Waals surface area (Å²) in [6.07, 6.45) is 0.804. The van der Waals surface area contributed by atoms with Crippen LogP contribution in [0.25, 0.3) is 0 Å². The van der Waals surface area contributed by atoms with Crippen molar-refractivity contribution in [2.75, 3.05) is 12.3 Å². The summed E-state index contributed by atoms with van der Waals surface area (Å²) >= 11 is 13.0. The van der Waals surface area contributed by atoms with Crippen molar-refractivity contribution in [1.82, 2.24) is 9.80 Å². The van der Waals surface area contributed by atoms with E-state index in [2.05, 4.69) is 14.9 Å². The first kappa shape index (κ1) is 19.5. The van der Waals surface area contributed by atoms with Gasteiger partial charge < -0.3 is 10.5 Å². The number of benzene rings is 1. The Morgan fingerprint density at radius 1 is 1.44 bits per heavy atom. The standard InChI is InChI=1S/C16H18Cl2N4O2S/c1-9(15-10(2)22-25-16(15)19)20-21-14(23)4-3-7-24-13-6-5-11(17)8-12(13)18/h5-6,8H,3-4,7,19H2,1-2H3,(H,21,23)/b20-9-. The Bertz CT molecular complexity index is 773. The molecule has 0 bridgehead atoms. The van der Waals surface area contributed by atoms with Crippen LogP contribution in [0.2, 0.25) is 10.0 Å². The van der Waals surface area contributed by atoms with Crippen LogP contribution in [-0.2, 0) is 4.79 Å². The molecule has 0 aliphatic carbocycles. The molecule has 0 saturated carbocycles. The highest BCUT2D eigenvalue weighted by atomic mass is 35.5. The average Bonchev–Trinajstić information content (AvgIpc) is 2.89. The zero-order chi connectivity index (χ0) is 18.4. The van der Waals surface area contributed by atoms with Crippen LogP contribution in [0.1, 0.15) is 31.0 Å². The van der Waals surface area contributed by atoms with Crippen molar-refractivity contribution in [2.24, 2.45) is 5.10 Å². The first-order valence-electron chi connectivity index (χ1n) is 7.51. The maximum Gasteiger partial charge on any atom is 0.240 e. The first-order chi connectivity index (χ1) is 11.9. The number of aryl methyl sites for hydroxylation is 1. The molecule has 0 unspecified atom stereocenters. The van der Waals surface area contributed by atoms with Crippen molar-refractivity contribution >= 4 is 51.4 Å². The molecule has 6 nitrogen and oxygen atoms in total. The number of ether oxygens (including phenoxy) is 1. The van der Waals surface area contributed by atoms with Crippen LogP contribution in [0.4, 0.5) is 5.00 Å². The Kier molecular flexibility index (Phi) is 7.04. The van der Waals surface area contributed by atoms with E-state index >= 15 is 0 Å². The minimum Gasteiger partial charge on any atom is -0.492 e. The number of nitrogens with two attached hydrogens (primary N) is 1. The molecule has 1 aromatic carbocycles. The molecule has 0 saturated heterocycles. The fourth-order valence-electron chi connectivity index (χ4n) is 2.09. The highest BCUT2D eigenvalue weighted by Gasteiger charge is 2.11. The average molecular weight is 401 g/mol. The SMILES string of the molecule is C/C(=N/NC(=O)CCCOc1ccc(Cl)cc1Cl)c1c(C)nsc1N. The lowest BCUT2D eigenvalue weighted by Gasteiger charge is -2.08. The number of rotatable bonds is 7. The van der Waals surface area contributed by atoms with Crippen molar-refractivity contribution in [2.45, 2.75) is 26.7 Å². The Morgan fingerprint density at radius 2 is 2.20 bits per heavy atom. The molecule has 0 radical (unpaired) electrons. The predicted octanol–water partition coefficient (Wildman–Crippen LogP) is 4.04. The number of hydrogen-bond acceptors (Lipinski definition) is 6. The van der Waals surface area contributed by atoms with Gasteiger partial charge in [0, 0.05) is 11.4 Å². The molecule has 1 amide bonds. The maximum absolute atomic E-state index is 11.8. The summed E-state index contributed by atoms with van der Waals surface area (Å²) in [5.74, 6) is 0.334. The van der Waals surface area contributed by atoms with Crippen LogP contribution in [-0.4, -0.2) is 22.6 Å². The quantitative estimate of drug-likeness (QED) is 0.416. The molecule has 2 aromatic rings. The summed E-state index contributed by atoms with van der Waals surface area (Å²) in [6, 6.07) is 5.00. The summed E-state index contributed by atoms with van der Waals surface area (Å²) in [6.45, 7) is 3.99. The minimum absolute atomic E-state index is 0.204. The van der Waals surface area contributed by atoms with Gasteiger partial charge in [-0.2, -0.15) is 9.47 Å². The number of hydrazone groups is 1. The Morgan fingerprint density at radius 3 is 2.84 bits per heavy atom. The number of nitrogens with one attached hydrogen (secondary N) is 1. The van der Waals surface area contributed by atoms with E-state index in [0.717, 1.165) is 11.3 Å². The molecule has 0 aliphatic rings. The monoisotopic (exact) mass is 400 g/mol. The maximum atomic E-state index is 11.8. The third-order valence-corrected chi connectivity index (χ3v) is 4.60. The minimum atomic E-state index is -0.204. The van der Waals surface area contributed by atoms with Gasteiger partial charge >= 0.3 is 0 Å². The van der Waals surface area contributed by atoms with Crippen molar-refractivity contribution < 1.29 is 9.53 Å². The number of amides is 1. The molecule has 25 heavy (non-hydrogen) atoms. The fourth-order valence-corrected chi connectivity index (χ4v) is 3.27. The molecule has 1 heterocycles. The highest BCUT2D eigenvalue weighted by Crippen LogP contribution is 2.27. The van der Waals surface area contributed by atoms with E-state index < -0.39 is 0 Å². The molecular formula is C16H18Cl2N4O2S. The number of hydrogen-bond donors (Lipinski definition) is 2. The number of carbonyl (C=O) groups is 1. The summed E-state index contributed by atoms with van der Waals surface area (Å²) < 4.78 is 9.68. The smallest absolute Gasteiger partial charge is 0.240 e. The molecular weight excluding hydrogens is 383 g/mol.